The molecule has 0 bridgehead atoms. The van der Waals surface area contributed by atoms with Crippen molar-refractivity contribution >= 4 is 22.4 Å². The number of aromatic nitrogens is 2. The van der Waals surface area contributed by atoms with Crippen LogP contribution in [0.15, 0.2) is 17.3 Å². The molecule has 0 aromatic carbocycles. The van der Waals surface area contributed by atoms with Crippen molar-refractivity contribution in [1.29, 1.82) is 0 Å². The van der Waals surface area contributed by atoms with Gasteiger partial charge in [0.1, 0.15) is 5.03 Å². The lowest BCUT2D eigenvalue weighted by molar-refractivity contribution is 0.630. The van der Waals surface area contributed by atoms with E-state index in [4.69, 9.17) is 11.6 Å². The molecule has 0 aliphatic carbocycles. The molecule has 0 radical (unpaired) electrons. The molecular formula is C9H12ClN3OS. The summed E-state index contributed by atoms with van der Waals surface area (Å²) in [5, 5.41) is 3.93. The standard InChI is InChI=1S/C9H12ClN3OS/c10-9-12-4-2-8(13-9)15(14)6-7-1-3-11-5-7/h2,4,7,11H,1,3,5-6H2. The molecule has 0 amide bonds. The van der Waals surface area contributed by atoms with Crippen LogP contribution in [0.25, 0.3) is 0 Å². The second kappa shape index (κ2) is 5.01. The van der Waals surface area contributed by atoms with Gasteiger partial charge in [-0.15, -0.1) is 0 Å². The van der Waals surface area contributed by atoms with E-state index in [0.29, 0.717) is 16.7 Å². The lowest BCUT2D eigenvalue weighted by atomic mass is 10.2. The van der Waals surface area contributed by atoms with E-state index in [2.05, 4.69) is 15.3 Å². The summed E-state index contributed by atoms with van der Waals surface area (Å²) in [6.45, 7) is 1.97. The second-order valence-corrected chi connectivity index (χ2v) is 5.32. The van der Waals surface area contributed by atoms with E-state index in [1.165, 1.54) is 6.20 Å². The molecule has 1 aromatic heterocycles. The van der Waals surface area contributed by atoms with Crippen LogP contribution < -0.4 is 5.32 Å². The number of hydrogen-bond acceptors (Lipinski definition) is 4. The fourth-order valence-corrected chi connectivity index (χ4v) is 3.08. The SMILES string of the molecule is O=S(CC1CCNC1)c1ccnc(Cl)n1. The van der Waals surface area contributed by atoms with Gasteiger partial charge in [-0.2, -0.15) is 0 Å². The number of hydrogen-bond donors (Lipinski definition) is 1. The summed E-state index contributed by atoms with van der Waals surface area (Å²) in [6.07, 6.45) is 2.63. The molecule has 2 atom stereocenters. The molecule has 1 saturated heterocycles. The third kappa shape index (κ3) is 2.96. The summed E-state index contributed by atoms with van der Waals surface area (Å²) in [5.41, 5.74) is 0. The zero-order valence-electron chi connectivity index (χ0n) is 8.15. The average Bonchev–Trinajstić information content (AvgIpc) is 2.70. The molecule has 1 fully saturated rings. The van der Waals surface area contributed by atoms with Crippen molar-refractivity contribution in [3.8, 4) is 0 Å². The monoisotopic (exact) mass is 245 g/mol. The zero-order valence-corrected chi connectivity index (χ0v) is 9.72. The van der Waals surface area contributed by atoms with Crippen LogP contribution in [0, 0.1) is 5.92 Å². The third-order valence-electron chi connectivity index (χ3n) is 2.38. The van der Waals surface area contributed by atoms with Crippen LogP contribution in [-0.4, -0.2) is 33.0 Å². The lowest BCUT2D eigenvalue weighted by Gasteiger charge is -2.06. The van der Waals surface area contributed by atoms with Gasteiger partial charge >= 0.3 is 0 Å². The van der Waals surface area contributed by atoms with E-state index >= 15 is 0 Å². The summed E-state index contributed by atoms with van der Waals surface area (Å²) in [6, 6.07) is 1.66. The predicted octanol–water partition coefficient (Wildman–Crippen LogP) is 0.847. The van der Waals surface area contributed by atoms with Crippen molar-refractivity contribution in [2.45, 2.75) is 11.4 Å². The van der Waals surface area contributed by atoms with Crippen molar-refractivity contribution in [3.63, 3.8) is 0 Å². The summed E-state index contributed by atoms with van der Waals surface area (Å²) < 4.78 is 11.9. The Bertz CT molecular complexity index is 368. The maximum absolute atomic E-state index is 11.9. The van der Waals surface area contributed by atoms with Gasteiger partial charge in [0.25, 0.3) is 0 Å². The van der Waals surface area contributed by atoms with E-state index in [9.17, 15) is 4.21 Å². The minimum atomic E-state index is -1.06. The molecule has 0 saturated carbocycles. The van der Waals surface area contributed by atoms with Gasteiger partial charge < -0.3 is 5.32 Å². The fraction of sp³-hybridized carbons (Fsp3) is 0.556. The summed E-state index contributed by atoms with van der Waals surface area (Å²) in [5.74, 6) is 1.14. The van der Waals surface area contributed by atoms with Gasteiger partial charge in [0.15, 0.2) is 0 Å². The van der Waals surface area contributed by atoms with E-state index in [1.807, 2.05) is 0 Å². The molecule has 15 heavy (non-hydrogen) atoms. The van der Waals surface area contributed by atoms with Crippen molar-refractivity contribution < 1.29 is 4.21 Å². The van der Waals surface area contributed by atoms with Gasteiger partial charge in [0.05, 0.1) is 10.8 Å². The number of rotatable bonds is 3. The predicted molar refractivity (Wildman–Crippen MR) is 59.3 cm³/mol. The van der Waals surface area contributed by atoms with Crippen LogP contribution in [0.3, 0.4) is 0 Å². The van der Waals surface area contributed by atoms with Crippen molar-refractivity contribution in [2.24, 2.45) is 5.92 Å². The first-order valence-corrected chi connectivity index (χ1v) is 6.53. The molecule has 4 nitrogen and oxygen atoms in total. The first kappa shape index (κ1) is 11.0. The number of halogens is 1. The zero-order chi connectivity index (χ0) is 10.7. The summed E-state index contributed by atoms with van der Waals surface area (Å²) in [7, 11) is -1.06. The Labute approximate surface area is 95.9 Å². The Morgan fingerprint density at radius 3 is 3.20 bits per heavy atom. The maximum atomic E-state index is 11.9. The van der Waals surface area contributed by atoms with Crippen LogP contribution >= 0.6 is 11.6 Å². The van der Waals surface area contributed by atoms with E-state index in [1.54, 1.807) is 6.07 Å². The molecule has 2 rings (SSSR count). The first-order valence-electron chi connectivity index (χ1n) is 4.83. The van der Waals surface area contributed by atoms with Crippen LogP contribution in [0.2, 0.25) is 5.28 Å². The second-order valence-electron chi connectivity index (χ2n) is 3.53. The smallest absolute Gasteiger partial charge is 0.223 e. The molecule has 1 N–H and O–H groups in total. The maximum Gasteiger partial charge on any atom is 0.223 e. The van der Waals surface area contributed by atoms with Crippen molar-refractivity contribution in [1.82, 2.24) is 15.3 Å². The minimum absolute atomic E-state index is 0.158. The van der Waals surface area contributed by atoms with E-state index < -0.39 is 10.8 Å². The van der Waals surface area contributed by atoms with Crippen LogP contribution in [0.1, 0.15) is 6.42 Å². The topological polar surface area (TPSA) is 54.9 Å². The normalized spacial score (nSPS) is 22.9. The Morgan fingerprint density at radius 1 is 1.67 bits per heavy atom. The number of nitrogens with one attached hydrogen (secondary N) is 1. The highest BCUT2D eigenvalue weighted by Crippen LogP contribution is 2.13. The van der Waals surface area contributed by atoms with Crippen LogP contribution in [0.4, 0.5) is 0 Å². The molecule has 0 spiro atoms. The van der Waals surface area contributed by atoms with Crippen LogP contribution in [0.5, 0.6) is 0 Å². The van der Waals surface area contributed by atoms with Crippen molar-refractivity contribution in [3.05, 3.63) is 17.5 Å². The molecule has 2 heterocycles. The van der Waals surface area contributed by atoms with Crippen molar-refractivity contribution in [2.75, 3.05) is 18.8 Å². The van der Waals surface area contributed by atoms with Gasteiger partial charge in [-0.1, -0.05) is 0 Å². The largest absolute Gasteiger partial charge is 0.316 e. The Morgan fingerprint density at radius 2 is 2.53 bits per heavy atom. The highest BCUT2D eigenvalue weighted by Gasteiger charge is 2.18. The first-order chi connectivity index (χ1) is 7.25. The molecule has 82 valence electrons. The highest BCUT2D eigenvalue weighted by molar-refractivity contribution is 7.84. The molecule has 2 unspecified atom stereocenters. The summed E-state index contributed by atoms with van der Waals surface area (Å²) >= 11 is 5.64. The Kier molecular flexibility index (Phi) is 3.66. The molecule has 1 aromatic rings. The Hall–Kier alpha value is -0.520. The van der Waals surface area contributed by atoms with Gasteiger partial charge in [-0.05, 0) is 43.1 Å². The van der Waals surface area contributed by atoms with Gasteiger partial charge in [-0.3, -0.25) is 4.21 Å². The lowest BCUT2D eigenvalue weighted by Crippen LogP contribution is -2.15. The van der Waals surface area contributed by atoms with Crippen LogP contribution in [-0.2, 0) is 10.8 Å². The number of nitrogens with zero attached hydrogens (tertiary/aromatic N) is 2. The Balaban J connectivity index is 2.01. The minimum Gasteiger partial charge on any atom is -0.316 e. The van der Waals surface area contributed by atoms with E-state index in [0.717, 1.165) is 19.5 Å². The quantitative estimate of drug-likeness (QED) is 0.634. The molecular weight excluding hydrogens is 234 g/mol. The third-order valence-corrected chi connectivity index (χ3v) is 4.03. The molecule has 6 heteroatoms. The highest BCUT2D eigenvalue weighted by atomic mass is 35.5. The summed E-state index contributed by atoms with van der Waals surface area (Å²) in [4.78, 5) is 7.71. The average molecular weight is 246 g/mol. The van der Waals surface area contributed by atoms with Gasteiger partial charge in [0, 0.05) is 11.9 Å². The molecule has 1 aliphatic rings. The van der Waals surface area contributed by atoms with E-state index in [-0.39, 0.29) is 5.28 Å². The van der Waals surface area contributed by atoms with Gasteiger partial charge in [0.2, 0.25) is 5.28 Å². The molecule has 1 aliphatic heterocycles. The fourth-order valence-electron chi connectivity index (χ4n) is 1.60. The van der Waals surface area contributed by atoms with Gasteiger partial charge in [-0.25, -0.2) is 9.97 Å².